The predicted octanol–water partition coefficient (Wildman–Crippen LogP) is 11.5. The van der Waals surface area contributed by atoms with E-state index in [0.29, 0.717) is 10.8 Å². The first kappa shape index (κ1) is 25.4. The Morgan fingerprint density at radius 1 is 0.486 bits per heavy atom. The van der Waals surface area contributed by atoms with E-state index in [1.807, 2.05) is 11.1 Å². The minimum atomic E-state index is 0.570. The summed E-state index contributed by atoms with van der Waals surface area (Å²) in [5.74, 6) is 5.11. The summed E-state index contributed by atoms with van der Waals surface area (Å²) in [5.41, 5.74) is 7.39. The van der Waals surface area contributed by atoms with Crippen molar-refractivity contribution >= 4 is 0 Å². The van der Waals surface area contributed by atoms with Crippen LogP contribution < -0.4 is 0 Å². The lowest BCUT2D eigenvalue weighted by Gasteiger charge is -2.66. The minimum Gasteiger partial charge on any atom is -0.0810 e. The molecule has 7 rings (SSSR count). The van der Waals surface area contributed by atoms with Crippen LogP contribution in [-0.4, -0.2) is 0 Å². The predicted molar refractivity (Wildman–Crippen MR) is 157 cm³/mol. The van der Waals surface area contributed by atoms with Gasteiger partial charge in [0.1, 0.15) is 0 Å². The highest BCUT2D eigenvalue weighted by Gasteiger charge is 2.69. The Hall–Kier alpha value is -0.520. The van der Waals surface area contributed by atoms with Crippen LogP contribution in [0.4, 0.5) is 0 Å². The molecular weight excluding hydrogens is 444 g/mol. The molecule has 0 spiro atoms. The molecule has 206 valence electrons. The van der Waals surface area contributed by atoms with E-state index in [1.54, 1.807) is 103 Å². The van der Waals surface area contributed by atoms with Gasteiger partial charge in [0.25, 0.3) is 0 Å². The Kier molecular flexibility index (Phi) is 7.43. The molecule has 0 aromatic heterocycles. The summed E-state index contributed by atoms with van der Waals surface area (Å²) in [6.07, 6.45) is 42.7. The molecule has 0 bridgehead atoms. The summed E-state index contributed by atoms with van der Waals surface area (Å²) in [7, 11) is 0. The molecule has 2 atom stereocenters. The van der Waals surface area contributed by atoms with Crippen LogP contribution in [0, 0.1) is 40.4 Å². The number of rotatable bonds is 6. The monoisotopic (exact) mass is 502 g/mol. The standard InChI is InChI=1S/C37H58/c1-2-5-17-29(16-4-1)35-34(28-14-8-9-15-28)24-13-27-36(31-25-26-31,30-22-12-23-30)37(35,33-20-10-11-21-33)32-18-6-3-7-19-32/h14,29-33H,1-13,15-27H2. The van der Waals surface area contributed by atoms with Gasteiger partial charge < -0.3 is 0 Å². The highest BCUT2D eigenvalue weighted by atomic mass is 14.7. The van der Waals surface area contributed by atoms with Gasteiger partial charge in [-0.2, -0.15) is 0 Å². The summed E-state index contributed by atoms with van der Waals surface area (Å²) in [6, 6.07) is 0. The van der Waals surface area contributed by atoms with E-state index >= 15 is 0 Å². The van der Waals surface area contributed by atoms with E-state index in [0.717, 1.165) is 29.6 Å². The molecule has 0 heterocycles. The maximum Gasteiger partial charge on any atom is 0.00387 e. The third kappa shape index (κ3) is 4.19. The first-order valence-electron chi connectivity index (χ1n) is 17.8. The summed E-state index contributed by atoms with van der Waals surface area (Å²) >= 11 is 0. The van der Waals surface area contributed by atoms with Crippen molar-refractivity contribution < 1.29 is 0 Å². The van der Waals surface area contributed by atoms with E-state index in [9.17, 15) is 0 Å². The topological polar surface area (TPSA) is 0 Å². The molecule has 7 aliphatic rings. The van der Waals surface area contributed by atoms with Crippen LogP contribution in [0.5, 0.6) is 0 Å². The van der Waals surface area contributed by atoms with Gasteiger partial charge in [-0.15, -0.1) is 0 Å². The molecule has 0 heteroatoms. The highest BCUT2D eigenvalue weighted by molar-refractivity contribution is 5.45. The first-order valence-corrected chi connectivity index (χ1v) is 17.8. The average molecular weight is 503 g/mol. The van der Waals surface area contributed by atoms with Gasteiger partial charge in [-0.1, -0.05) is 75.9 Å². The molecule has 5 fully saturated rings. The van der Waals surface area contributed by atoms with Gasteiger partial charge in [0.2, 0.25) is 0 Å². The SMILES string of the molecule is C1=C(C2=C(C3CCCCCC3)C(C3CCCCC3)(C3CCCC3)C(C3CCC3)(C3CC3)CCC2)CCC1. The Balaban J connectivity index is 1.51. The van der Waals surface area contributed by atoms with Crippen molar-refractivity contribution in [3.05, 3.63) is 22.8 Å². The Bertz CT molecular complexity index is 846. The zero-order valence-corrected chi connectivity index (χ0v) is 24.3. The highest BCUT2D eigenvalue weighted by Crippen LogP contribution is 2.77. The van der Waals surface area contributed by atoms with Gasteiger partial charge in [0, 0.05) is 5.41 Å². The Labute approximate surface area is 229 Å². The smallest absolute Gasteiger partial charge is 0.00387 e. The van der Waals surface area contributed by atoms with E-state index in [-0.39, 0.29) is 0 Å². The lowest BCUT2D eigenvalue weighted by atomic mass is 9.38. The van der Waals surface area contributed by atoms with Crippen LogP contribution >= 0.6 is 0 Å². The van der Waals surface area contributed by atoms with E-state index in [4.69, 9.17) is 0 Å². The Morgan fingerprint density at radius 3 is 1.62 bits per heavy atom. The third-order valence-electron chi connectivity index (χ3n) is 13.6. The van der Waals surface area contributed by atoms with Crippen molar-refractivity contribution in [2.45, 2.75) is 167 Å². The van der Waals surface area contributed by atoms with Crippen molar-refractivity contribution in [1.82, 2.24) is 0 Å². The van der Waals surface area contributed by atoms with Crippen molar-refractivity contribution in [3.8, 4) is 0 Å². The van der Waals surface area contributed by atoms with Crippen LogP contribution in [0.25, 0.3) is 0 Å². The second-order valence-electron chi connectivity index (χ2n) is 15.2. The first-order chi connectivity index (χ1) is 18.4. The summed E-state index contributed by atoms with van der Waals surface area (Å²) < 4.78 is 0. The van der Waals surface area contributed by atoms with Crippen LogP contribution in [-0.2, 0) is 0 Å². The van der Waals surface area contributed by atoms with Gasteiger partial charge in [-0.05, 0) is 149 Å². The quantitative estimate of drug-likeness (QED) is 0.317. The summed E-state index contributed by atoms with van der Waals surface area (Å²) in [6.45, 7) is 0. The zero-order valence-electron chi connectivity index (χ0n) is 24.3. The molecule has 0 aliphatic heterocycles. The second kappa shape index (κ2) is 10.8. The van der Waals surface area contributed by atoms with E-state index in [2.05, 4.69) is 11.6 Å². The van der Waals surface area contributed by atoms with Crippen molar-refractivity contribution in [3.63, 3.8) is 0 Å². The fraction of sp³-hybridized carbons (Fsp3) is 0.892. The molecule has 0 saturated heterocycles. The fourth-order valence-electron chi connectivity index (χ4n) is 12.2. The minimum absolute atomic E-state index is 0.570. The largest absolute Gasteiger partial charge is 0.0810 e. The molecule has 5 saturated carbocycles. The molecule has 7 aliphatic carbocycles. The maximum absolute atomic E-state index is 2.76. The van der Waals surface area contributed by atoms with Gasteiger partial charge in [0.05, 0.1) is 0 Å². The molecule has 0 N–H and O–H groups in total. The Morgan fingerprint density at radius 2 is 1.05 bits per heavy atom. The van der Waals surface area contributed by atoms with Crippen LogP contribution in [0.15, 0.2) is 22.8 Å². The van der Waals surface area contributed by atoms with Crippen LogP contribution in [0.2, 0.25) is 0 Å². The van der Waals surface area contributed by atoms with Gasteiger partial charge in [-0.3, -0.25) is 0 Å². The number of hydrogen-bond acceptors (Lipinski definition) is 0. The van der Waals surface area contributed by atoms with E-state index < -0.39 is 0 Å². The summed E-state index contributed by atoms with van der Waals surface area (Å²) in [4.78, 5) is 0. The lowest BCUT2D eigenvalue weighted by molar-refractivity contribution is -0.137. The van der Waals surface area contributed by atoms with Crippen molar-refractivity contribution in [1.29, 1.82) is 0 Å². The normalized spacial score (nSPS) is 37.9. The average Bonchev–Trinajstić information content (AvgIpc) is 3.50. The van der Waals surface area contributed by atoms with Gasteiger partial charge in [-0.25, -0.2) is 0 Å². The second-order valence-corrected chi connectivity index (χ2v) is 15.2. The van der Waals surface area contributed by atoms with Gasteiger partial charge >= 0.3 is 0 Å². The molecule has 37 heavy (non-hydrogen) atoms. The zero-order chi connectivity index (χ0) is 24.7. The molecule has 2 unspecified atom stereocenters. The lowest BCUT2D eigenvalue weighted by Crippen LogP contribution is -2.59. The molecular formula is C37H58. The molecule has 0 nitrogen and oxygen atoms in total. The summed E-state index contributed by atoms with van der Waals surface area (Å²) in [5, 5.41) is 0. The van der Waals surface area contributed by atoms with E-state index in [1.165, 1.54) is 64.2 Å². The van der Waals surface area contributed by atoms with Crippen LogP contribution in [0.3, 0.4) is 0 Å². The molecule has 0 aromatic carbocycles. The van der Waals surface area contributed by atoms with Gasteiger partial charge in [0.15, 0.2) is 0 Å². The molecule has 0 aromatic rings. The number of hydrogen-bond donors (Lipinski definition) is 0. The molecule has 0 amide bonds. The number of allylic oxidation sites excluding steroid dienone is 4. The maximum atomic E-state index is 2.76. The third-order valence-corrected chi connectivity index (χ3v) is 13.6. The van der Waals surface area contributed by atoms with Crippen LogP contribution in [0.1, 0.15) is 167 Å². The fourth-order valence-corrected chi connectivity index (χ4v) is 12.2. The van der Waals surface area contributed by atoms with Crippen molar-refractivity contribution in [2.24, 2.45) is 40.4 Å². The molecule has 0 radical (unpaired) electrons. The van der Waals surface area contributed by atoms with Crippen molar-refractivity contribution in [2.75, 3.05) is 0 Å².